The molecule has 122 valence electrons. The second-order valence-electron chi connectivity index (χ2n) is 4.94. The SMILES string of the molecule is O=C(NCCOc1c(Cl)cc(Cl)cc1Cl)C1CCS(=O)(=O)C1. The largest absolute Gasteiger partial charge is 0.489 e. The fourth-order valence-electron chi connectivity index (χ4n) is 2.14. The molecule has 22 heavy (non-hydrogen) atoms. The number of ether oxygens (including phenoxy) is 1. The number of hydrogen-bond donors (Lipinski definition) is 1. The molecule has 1 fully saturated rings. The molecular weight excluding hydrogens is 373 g/mol. The first-order valence-electron chi connectivity index (χ1n) is 6.54. The van der Waals surface area contributed by atoms with E-state index < -0.39 is 15.8 Å². The molecule has 1 amide bonds. The Morgan fingerprint density at radius 3 is 2.45 bits per heavy atom. The van der Waals surface area contributed by atoms with E-state index in [0.717, 1.165) is 0 Å². The summed E-state index contributed by atoms with van der Waals surface area (Å²) in [5.41, 5.74) is 0. The molecule has 5 nitrogen and oxygen atoms in total. The van der Waals surface area contributed by atoms with Crippen molar-refractivity contribution in [3.05, 3.63) is 27.2 Å². The van der Waals surface area contributed by atoms with Crippen molar-refractivity contribution in [3.63, 3.8) is 0 Å². The van der Waals surface area contributed by atoms with Crippen LogP contribution in [0.5, 0.6) is 5.75 Å². The van der Waals surface area contributed by atoms with Crippen LogP contribution in [0.1, 0.15) is 6.42 Å². The van der Waals surface area contributed by atoms with Gasteiger partial charge in [0.2, 0.25) is 5.91 Å². The van der Waals surface area contributed by atoms with Crippen LogP contribution < -0.4 is 10.1 Å². The maximum Gasteiger partial charge on any atom is 0.224 e. The highest BCUT2D eigenvalue weighted by molar-refractivity contribution is 7.91. The van der Waals surface area contributed by atoms with Gasteiger partial charge in [0, 0.05) is 5.02 Å². The van der Waals surface area contributed by atoms with Crippen LogP contribution >= 0.6 is 34.8 Å². The Bertz CT molecular complexity index is 655. The van der Waals surface area contributed by atoms with Gasteiger partial charge in [0.15, 0.2) is 15.6 Å². The smallest absolute Gasteiger partial charge is 0.224 e. The van der Waals surface area contributed by atoms with Gasteiger partial charge < -0.3 is 10.1 Å². The van der Waals surface area contributed by atoms with Crippen LogP contribution in [0, 0.1) is 5.92 Å². The van der Waals surface area contributed by atoms with Crippen LogP contribution in [-0.4, -0.2) is 39.0 Å². The number of rotatable bonds is 5. The standard InChI is InChI=1S/C13H14Cl3NO4S/c14-9-5-10(15)12(11(16)6-9)21-3-2-17-13(18)8-1-4-22(19,20)7-8/h5-6,8H,1-4,7H2,(H,17,18). The summed E-state index contributed by atoms with van der Waals surface area (Å²) >= 11 is 17.7. The van der Waals surface area contributed by atoms with Crippen molar-refractivity contribution >= 4 is 50.5 Å². The summed E-state index contributed by atoms with van der Waals surface area (Å²) < 4.78 is 28.1. The van der Waals surface area contributed by atoms with E-state index in [9.17, 15) is 13.2 Å². The van der Waals surface area contributed by atoms with E-state index >= 15 is 0 Å². The first-order chi connectivity index (χ1) is 10.3. The highest BCUT2D eigenvalue weighted by Gasteiger charge is 2.32. The zero-order valence-electron chi connectivity index (χ0n) is 11.4. The molecular formula is C13H14Cl3NO4S. The van der Waals surface area contributed by atoms with Gasteiger partial charge in [-0.3, -0.25) is 4.79 Å². The fourth-order valence-corrected chi connectivity index (χ4v) is 4.81. The highest BCUT2D eigenvalue weighted by Crippen LogP contribution is 2.35. The zero-order chi connectivity index (χ0) is 16.3. The molecule has 1 aromatic rings. The first kappa shape index (κ1) is 17.7. The predicted molar refractivity (Wildman–Crippen MR) is 86.7 cm³/mol. The third kappa shape index (κ3) is 4.65. The Morgan fingerprint density at radius 1 is 1.27 bits per heavy atom. The summed E-state index contributed by atoms with van der Waals surface area (Å²) in [5.74, 6) is -0.484. The molecule has 0 bridgehead atoms. The van der Waals surface area contributed by atoms with Crippen LogP contribution in [0.3, 0.4) is 0 Å². The number of carbonyl (C=O) groups excluding carboxylic acids is 1. The third-order valence-corrected chi connectivity index (χ3v) is 5.76. The lowest BCUT2D eigenvalue weighted by atomic mass is 10.1. The summed E-state index contributed by atoms with van der Waals surface area (Å²) in [6.45, 7) is 0.386. The Hall–Kier alpha value is -0.690. The van der Waals surface area contributed by atoms with Crippen LogP contribution in [0.4, 0.5) is 0 Å². The summed E-state index contributed by atoms with van der Waals surface area (Å²) in [7, 11) is -3.07. The zero-order valence-corrected chi connectivity index (χ0v) is 14.5. The summed E-state index contributed by atoms with van der Waals surface area (Å²) in [6.07, 6.45) is 0.365. The summed E-state index contributed by atoms with van der Waals surface area (Å²) in [5, 5.41) is 3.61. The first-order valence-corrected chi connectivity index (χ1v) is 9.49. The number of hydrogen-bond acceptors (Lipinski definition) is 4. The van der Waals surface area contributed by atoms with E-state index in [2.05, 4.69) is 5.32 Å². The maximum atomic E-state index is 11.8. The van der Waals surface area contributed by atoms with Gasteiger partial charge >= 0.3 is 0 Å². The third-order valence-electron chi connectivity index (χ3n) is 3.21. The average molecular weight is 387 g/mol. The monoisotopic (exact) mass is 385 g/mol. The second kappa shape index (κ2) is 7.25. The molecule has 0 aromatic heterocycles. The van der Waals surface area contributed by atoms with Crippen molar-refractivity contribution in [1.29, 1.82) is 0 Å². The lowest BCUT2D eigenvalue weighted by molar-refractivity contribution is -0.124. The van der Waals surface area contributed by atoms with Gasteiger partial charge in [-0.15, -0.1) is 0 Å². The Balaban J connectivity index is 1.79. The average Bonchev–Trinajstić information content (AvgIpc) is 2.77. The van der Waals surface area contributed by atoms with Gasteiger partial charge in [-0.05, 0) is 18.6 Å². The second-order valence-corrected chi connectivity index (χ2v) is 8.42. The molecule has 0 spiro atoms. The van der Waals surface area contributed by atoms with Crippen LogP contribution in [0.2, 0.25) is 15.1 Å². The highest BCUT2D eigenvalue weighted by atomic mass is 35.5. The molecule has 1 aliphatic heterocycles. The van der Waals surface area contributed by atoms with E-state index in [4.69, 9.17) is 39.5 Å². The van der Waals surface area contributed by atoms with E-state index in [-0.39, 0.29) is 40.6 Å². The molecule has 1 saturated heterocycles. The van der Waals surface area contributed by atoms with E-state index in [1.54, 1.807) is 0 Å². The van der Waals surface area contributed by atoms with Crippen LogP contribution in [-0.2, 0) is 14.6 Å². The minimum Gasteiger partial charge on any atom is -0.489 e. The number of carbonyl (C=O) groups is 1. The predicted octanol–water partition coefficient (Wildman–Crippen LogP) is 2.58. The number of amides is 1. The molecule has 1 unspecified atom stereocenters. The number of benzene rings is 1. The summed E-state index contributed by atoms with van der Waals surface area (Å²) in [6, 6.07) is 3.01. The lowest BCUT2D eigenvalue weighted by Gasteiger charge is -2.12. The Labute approximate surface area is 143 Å². The van der Waals surface area contributed by atoms with Gasteiger partial charge in [-0.1, -0.05) is 34.8 Å². The maximum absolute atomic E-state index is 11.8. The van der Waals surface area contributed by atoms with Gasteiger partial charge in [-0.2, -0.15) is 0 Å². The molecule has 1 aromatic carbocycles. The summed E-state index contributed by atoms with van der Waals surface area (Å²) in [4.78, 5) is 11.8. The van der Waals surface area contributed by atoms with Crippen LogP contribution in [0.25, 0.3) is 0 Å². The molecule has 1 N–H and O–H groups in total. The molecule has 1 aliphatic rings. The minimum absolute atomic E-state index is 0.0670. The van der Waals surface area contributed by atoms with Crippen molar-refractivity contribution < 1.29 is 17.9 Å². The quantitative estimate of drug-likeness (QED) is 0.790. The van der Waals surface area contributed by atoms with Crippen molar-refractivity contribution in [2.75, 3.05) is 24.7 Å². The molecule has 1 heterocycles. The molecule has 1 atom stereocenters. The van der Waals surface area contributed by atoms with Crippen LogP contribution in [0.15, 0.2) is 12.1 Å². The number of nitrogens with one attached hydrogen (secondary N) is 1. The topological polar surface area (TPSA) is 72.5 Å². The van der Waals surface area contributed by atoms with Gasteiger partial charge in [0.25, 0.3) is 0 Å². The minimum atomic E-state index is -3.07. The Morgan fingerprint density at radius 2 is 1.91 bits per heavy atom. The number of sulfone groups is 1. The lowest BCUT2D eigenvalue weighted by Crippen LogP contribution is -2.34. The van der Waals surface area contributed by atoms with Crippen molar-refractivity contribution in [1.82, 2.24) is 5.32 Å². The van der Waals surface area contributed by atoms with Gasteiger partial charge in [0.1, 0.15) is 6.61 Å². The van der Waals surface area contributed by atoms with E-state index in [1.165, 1.54) is 12.1 Å². The normalized spacial score (nSPS) is 19.9. The molecule has 0 saturated carbocycles. The van der Waals surface area contributed by atoms with Crippen molar-refractivity contribution in [2.24, 2.45) is 5.92 Å². The fraction of sp³-hybridized carbons (Fsp3) is 0.462. The van der Waals surface area contributed by atoms with Gasteiger partial charge in [-0.25, -0.2) is 8.42 Å². The van der Waals surface area contributed by atoms with Crippen molar-refractivity contribution in [2.45, 2.75) is 6.42 Å². The van der Waals surface area contributed by atoms with Gasteiger partial charge in [0.05, 0.1) is 34.0 Å². The Kier molecular flexibility index (Phi) is 5.82. The van der Waals surface area contributed by atoms with Crippen molar-refractivity contribution in [3.8, 4) is 5.75 Å². The van der Waals surface area contributed by atoms with E-state index in [0.29, 0.717) is 17.2 Å². The molecule has 2 rings (SSSR count). The number of halogens is 3. The molecule has 0 radical (unpaired) electrons. The van der Waals surface area contributed by atoms with E-state index in [1.807, 2.05) is 0 Å². The molecule has 0 aliphatic carbocycles. The molecule has 9 heteroatoms.